The molecule has 2 amide bonds. The molecule has 0 N–H and O–H groups in total. The van der Waals surface area contributed by atoms with Gasteiger partial charge in [-0.15, -0.1) is 0 Å². The standard InChI is InChI=1S/C22H31ClN2O3/c1-3-12-28-19-6-5-11-24(14-19)21(27)22(15-25(16-22)20(26)4-2)13-17-7-9-18(23)10-8-17/h7-10,19H,3-6,11-16H2,1-2H3. The largest absolute Gasteiger partial charge is 0.376 e. The molecular weight excluding hydrogens is 376 g/mol. The lowest BCUT2D eigenvalue weighted by atomic mass is 9.73. The number of likely N-dealkylation sites (tertiary alicyclic amines) is 2. The molecule has 0 bridgehead atoms. The Kier molecular flexibility index (Phi) is 7.00. The van der Waals surface area contributed by atoms with E-state index < -0.39 is 5.41 Å². The predicted octanol–water partition coefficient (Wildman–Crippen LogP) is 3.54. The summed E-state index contributed by atoms with van der Waals surface area (Å²) in [6.07, 6.45) is 4.19. The van der Waals surface area contributed by atoms with Crippen molar-refractivity contribution in [3.63, 3.8) is 0 Å². The molecule has 1 aromatic rings. The predicted molar refractivity (Wildman–Crippen MR) is 110 cm³/mol. The lowest BCUT2D eigenvalue weighted by Crippen LogP contribution is -2.66. The SMILES string of the molecule is CCCOC1CCCN(C(=O)C2(Cc3ccc(Cl)cc3)CN(C(=O)CC)C2)C1. The van der Waals surface area contributed by atoms with Crippen LogP contribution in [0.15, 0.2) is 24.3 Å². The van der Waals surface area contributed by atoms with Crippen LogP contribution in [0, 0.1) is 5.41 Å². The fraction of sp³-hybridized carbons (Fsp3) is 0.636. The fourth-order valence-electron chi connectivity index (χ4n) is 4.28. The molecule has 3 rings (SSSR count). The topological polar surface area (TPSA) is 49.9 Å². The molecule has 2 heterocycles. The summed E-state index contributed by atoms with van der Waals surface area (Å²) in [4.78, 5) is 29.4. The number of carbonyl (C=O) groups excluding carboxylic acids is 2. The zero-order valence-electron chi connectivity index (χ0n) is 17.0. The molecule has 0 aromatic heterocycles. The van der Waals surface area contributed by atoms with Crippen molar-refractivity contribution in [2.45, 2.75) is 52.1 Å². The Bertz CT molecular complexity index is 686. The quantitative estimate of drug-likeness (QED) is 0.695. The highest BCUT2D eigenvalue weighted by Gasteiger charge is 2.52. The lowest BCUT2D eigenvalue weighted by molar-refractivity contribution is -0.163. The van der Waals surface area contributed by atoms with Gasteiger partial charge in [-0.25, -0.2) is 0 Å². The van der Waals surface area contributed by atoms with Gasteiger partial charge in [0.05, 0.1) is 11.5 Å². The Balaban J connectivity index is 1.74. The van der Waals surface area contributed by atoms with E-state index in [4.69, 9.17) is 16.3 Å². The first-order chi connectivity index (χ1) is 13.5. The first-order valence-corrected chi connectivity index (χ1v) is 10.8. The van der Waals surface area contributed by atoms with Crippen LogP contribution in [0.4, 0.5) is 0 Å². The van der Waals surface area contributed by atoms with Crippen LogP contribution in [0.5, 0.6) is 0 Å². The minimum absolute atomic E-state index is 0.113. The van der Waals surface area contributed by atoms with E-state index in [0.29, 0.717) is 37.5 Å². The fourth-order valence-corrected chi connectivity index (χ4v) is 4.40. The van der Waals surface area contributed by atoms with Gasteiger partial charge in [-0.3, -0.25) is 9.59 Å². The van der Waals surface area contributed by atoms with Crippen molar-refractivity contribution >= 4 is 23.4 Å². The molecule has 5 nitrogen and oxygen atoms in total. The van der Waals surface area contributed by atoms with Crippen molar-refractivity contribution in [1.82, 2.24) is 9.80 Å². The van der Waals surface area contributed by atoms with E-state index in [2.05, 4.69) is 6.92 Å². The molecule has 1 aromatic carbocycles. The third-order valence-corrected chi connectivity index (χ3v) is 6.03. The molecule has 1 unspecified atom stereocenters. The minimum atomic E-state index is -0.536. The molecule has 154 valence electrons. The summed E-state index contributed by atoms with van der Waals surface area (Å²) >= 11 is 6.01. The number of hydrogen-bond acceptors (Lipinski definition) is 3. The maximum absolute atomic E-state index is 13.6. The van der Waals surface area contributed by atoms with Gasteiger partial charge in [-0.05, 0) is 43.4 Å². The number of halogens is 1. The van der Waals surface area contributed by atoms with Crippen molar-refractivity contribution in [3.8, 4) is 0 Å². The van der Waals surface area contributed by atoms with Crippen LogP contribution in [0.3, 0.4) is 0 Å². The summed E-state index contributed by atoms with van der Waals surface area (Å²) in [5.74, 6) is 0.273. The van der Waals surface area contributed by atoms with Crippen molar-refractivity contribution in [2.75, 3.05) is 32.8 Å². The minimum Gasteiger partial charge on any atom is -0.376 e. The Morgan fingerprint density at radius 3 is 2.54 bits per heavy atom. The first kappa shape index (κ1) is 21.1. The molecule has 28 heavy (non-hydrogen) atoms. The van der Waals surface area contributed by atoms with Gasteiger partial charge in [0, 0.05) is 44.2 Å². The summed E-state index contributed by atoms with van der Waals surface area (Å²) in [6.45, 7) is 7.12. The van der Waals surface area contributed by atoms with Gasteiger partial charge in [-0.1, -0.05) is 37.6 Å². The lowest BCUT2D eigenvalue weighted by Gasteiger charge is -2.51. The van der Waals surface area contributed by atoms with Crippen LogP contribution in [-0.4, -0.2) is 60.5 Å². The number of piperidine rings is 1. The van der Waals surface area contributed by atoms with E-state index in [9.17, 15) is 9.59 Å². The summed E-state index contributed by atoms with van der Waals surface area (Å²) in [5.41, 5.74) is 0.544. The highest BCUT2D eigenvalue weighted by Crippen LogP contribution is 2.38. The molecule has 0 spiro atoms. The van der Waals surface area contributed by atoms with Gasteiger partial charge in [0.15, 0.2) is 0 Å². The van der Waals surface area contributed by atoms with Gasteiger partial charge < -0.3 is 14.5 Å². The number of nitrogens with zero attached hydrogens (tertiary/aromatic N) is 2. The van der Waals surface area contributed by atoms with E-state index in [1.54, 1.807) is 0 Å². The second-order valence-electron chi connectivity index (χ2n) is 8.07. The van der Waals surface area contributed by atoms with E-state index in [-0.39, 0.29) is 17.9 Å². The molecule has 0 aliphatic carbocycles. The van der Waals surface area contributed by atoms with Gasteiger partial charge in [-0.2, -0.15) is 0 Å². The maximum Gasteiger partial charge on any atom is 0.232 e. The third-order valence-electron chi connectivity index (χ3n) is 5.77. The van der Waals surface area contributed by atoms with Crippen LogP contribution in [0.1, 0.15) is 45.1 Å². The number of amides is 2. The first-order valence-electron chi connectivity index (χ1n) is 10.4. The maximum atomic E-state index is 13.6. The van der Waals surface area contributed by atoms with Crippen LogP contribution < -0.4 is 0 Å². The summed E-state index contributed by atoms with van der Waals surface area (Å²) in [5, 5.41) is 0.687. The van der Waals surface area contributed by atoms with Crippen LogP contribution in [0.2, 0.25) is 5.02 Å². The molecule has 2 aliphatic heterocycles. The van der Waals surface area contributed by atoms with Crippen LogP contribution >= 0.6 is 11.6 Å². The van der Waals surface area contributed by atoms with Crippen molar-refractivity contribution in [3.05, 3.63) is 34.9 Å². The van der Waals surface area contributed by atoms with E-state index in [1.165, 1.54) is 0 Å². The average Bonchev–Trinajstić information content (AvgIpc) is 2.69. The normalized spacial score (nSPS) is 21.3. The van der Waals surface area contributed by atoms with Crippen molar-refractivity contribution < 1.29 is 14.3 Å². The number of carbonyl (C=O) groups is 2. The summed E-state index contributed by atoms with van der Waals surface area (Å²) in [6, 6.07) is 7.67. The molecule has 2 aliphatic rings. The molecule has 0 saturated carbocycles. The zero-order valence-corrected chi connectivity index (χ0v) is 17.7. The molecule has 6 heteroatoms. The highest BCUT2D eigenvalue weighted by atomic mass is 35.5. The van der Waals surface area contributed by atoms with Crippen molar-refractivity contribution in [2.24, 2.45) is 5.41 Å². The molecule has 2 fully saturated rings. The monoisotopic (exact) mass is 406 g/mol. The molecule has 0 radical (unpaired) electrons. The summed E-state index contributed by atoms with van der Waals surface area (Å²) in [7, 11) is 0. The molecular formula is C22H31ClN2O3. The van der Waals surface area contributed by atoms with E-state index >= 15 is 0 Å². The second-order valence-corrected chi connectivity index (χ2v) is 8.51. The van der Waals surface area contributed by atoms with Crippen molar-refractivity contribution in [1.29, 1.82) is 0 Å². The smallest absolute Gasteiger partial charge is 0.232 e. The Labute approximate surface area is 173 Å². The molecule has 1 atom stereocenters. The van der Waals surface area contributed by atoms with Gasteiger partial charge in [0.25, 0.3) is 0 Å². The number of hydrogen-bond donors (Lipinski definition) is 0. The van der Waals surface area contributed by atoms with Crippen LogP contribution in [0.25, 0.3) is 0 Å². The van der Waals surface area contributed by atoms with E-state index in [1.807, 2.05) is 41.0 Å². The zero-order chi connectivity index (χ0) is 20.1. The van der Waals surface area contributed by atoms with E-state index in [0.717, 1.165) is 38.0 Å². The number of benzene rings is 1. The number of ether oxygens (including phenoxy) is 1. The van der Waals surface area contributed by atoms with Gasteiger partial charge in [0.2, 0.25) is 11.8 Å². The highest BCUT2D eigenvalue weighted by molar-refractivity contribution is 6.30. The van der Waals surface area contributed by atoms with Gasteiger partial charge >= 0.3 is 0 Å². The Hall–Kier alpha value is -1.59. The third kappa shape index (κ3) is 4.69. The Morgan fingerprint density at radius 1 is 1.18 bits per heavy atom. The average molecular weight is 407 g/mol. The second kappa shape index (κ2) is 9.27. The Morgan fingerprint density at radius 2 is 1.89 bits per heavy atom. The molecule has 2 saturated heterocycles. The number of rotatable bonds is 7. The van der Waals surface area contributed by atoms with Gasteiger partial charge in [0.1, 0.15) is 0 Å². The summed E-state index contributed by atoms with van der Waals surface area (Å²) < 4.78 is 5.91. The van der Waals surface area contributed by atoms with Crippen LogP contribution in [-0.2, 0) is 20.7 Å².